The number of ether oxygens (including phenoxy) is 1. The summed E-state index contributed by atoms with van der Waals surface area (Å²) >= 11 is 0. The molecule has 2 rings (SSSR count). The smallest absolute Gasteiger partial charge is 0.291 e. The number of nitrogens with zero attached hydrogens (tertiary/aromatic N) is 2. The second-order valence-electron chi connectivity index (χ2n) is 6.88. The number of amides is 2. The van der Waals surface area contributed by atoms with Crippen molar-refractivity contribution in [2.75, 3.05) is 38.0 Å². The van der Waals surface area contributed by atoms with E-state index in [0.717, 1.165) is 17.7 Å². The van der Waals surface area contributed by atoms with Gasteiger partial charge in [0, 0.05) is 45.2 Å². The van der Waals surface area contributed by atoms with Gasteiger partial charge >= 0.3 is 0 Å². The molecule has 0 saturated carbocycles. The zero-order chi connectivity index (χ0) is 20.7. The number of carbonyl (C=O) groups is 2. The average molecular weight is 387 g/mol. The van der Waals surface area contributed by atoms with Crippen LogP contribution in [0, 0.1) is 0 Å². The number of hydrogen-bond donors (Lipinski definition) is 1. The molecule has 0 bridgehead atoms. The Labute approximate surface area is 166 Å². The molecule has 1 heterocycles. The molecule has 7 nitrogen and oxygen atoms in total. The first-order valence-corrected chi connectivity index (χ1v) is 9.30. The number of benzene rings is 1. The van der Waals surface area contributed by atoms with Gasteiger partial charge in [-0.15, -0.1) is 0 Å². The zero-order valence-corrected chi connectivity index (χ0v) is 17.2. The Morgan fingerprint density at radius 3 is 2.57 bits per heavy atom. The molecule has 0 radical (unpaired) electrons. The summed E-state index contributed by atoms with van der Waals surface area (Å²) in [5.74, 6) is -0.135. The maximum Gasteiger partial charge on any atom is 0.291 e. The molecule has 0 fully saturated rings. The van der Waals surface area contributed by atoms with E-state index in [4.69, 9.17) is 9.15 Å². The molecule has 2 aromatic rings. The summed E-state index contributed by atoms with van der Waals surface area (Å²) in [6.07, 6.45) is 2.29. The average Bonchev–Trinajstić information content (AvgIpc) is 3.20. The third-order valence-corrected chi connectivity index (χ3v) is 4.62. The van der Waals surface area contributed by atoms with Gasteiger partial charge in [-0.1, -0.05) is 6.92 Å². The molecule has 2 amide bonds. The Morgan fingerprint density at radius 2 is 2.00 bits per heavy atom. The zero-order valence-electron chi connectivity index (χ0n) is 17.2. The summed E-state index contributed by atoms with van der Waals surface area (Å²) in [4.78, 5) is 28.6. The van der Waals surface area contributed by atoms with E-state index in [2.05, 4.69) is 5.32 Å². The van der Waals surface area contributed by atoms with Crippen LogP contribution in [-0.4, -0.2) is 50.6 Å². The van der Waals surface area contributed by atoms with Crippen LogP contribution in [0.1, 0.15) is 36.4 Å². The quantitative estimate of drug-likeness (QED) is 0.714. The third kappa shape index (κ3) is 5.36. The second-order valence-corrected chi connectivity index (χ2v) is 6.88. The van der Waals surface area contributed by atoms with Crippen molar-refractivity contribution in [1.82, 2.24) is 4.90 Å². The van der Waals surface area contributed by atoms with Crippen LogP contribution >= 0.6 is 0 Å². The summed E-state index contributed by atoms with van der Waals surface area (Å²) in [5.41, 5.74) is 2.56. The van der Waals surface area contributed by atoms with E-state index in [1.165, 1.54) is 13.4 Å². The maximum absolute atomic E-state index is 12.6. The molecule has 7 heteroatoms. The molecule has 0 unspecified atom stereocenters. The summed E-state index contributed by atoms with van der Waals surface area (Å²) in [5, 5.41) is 2.84. The van der Waals surface area contributed by atoms with E-state index < -0.39 is 0 Å². The normalized spacial score (nSPS) is 11.8. The molecule has 0 aliphatic rings. The molecule has 28 heavy (non-hydrogen) atoms. The number of carbonyl (C=O) groups excluding carboxylic acids is 2. The Kier molecular flexibility index (Phi) is 7.63. The molecule has 0 aliphatic carbocycles. The standard InChI is InChI=1S/C21H29N3O4/c1-6-15(2)24(20(25)14-27-5)13-16-12-17(9-10-18(16)23(3)4)22-21(26)19-8-7-11-28-19/h7-12,15H,6,13-14H2,1-5H3,(H,22,26)/t15-/m0/s1. The van der Waals surface area contributed by atoms with Crippen LogP contribution < -0.4 is 10.2 Å². The predicted octanol–water partition coefficient (Wildman–Crippen LogP) is 3.37. The van der Waals surface area contributed by atoms with Crippen molar-refractivity contribution in [3.8, 4) is 0 Å². The number of nitrogens with one attached hydrogen (secondary N) is 1. The van der Waals surface area contributed by atoms with Crippen molar-refractivity contribution < 1.29 is 18.7 Å². The van der Waals surface area contributed by atoms with E-state index in [0.29, 0.717) is 12.2 Å². The Balaban J connectivity index is 2.31. The van der Waals surface area contributed by atoms with Gasteiger partial charge in [-0.2, -0.15) is 0 Å². The molecule has 1 atom stereocenters. The molecular formula is C21H29N3O4. The minimum atomic E-state index is -0.317. The molecule has 1 aromatic carbocycles. The fourth-order valence-corrected chi connectivity index (χ4v) is 2.93. The SMILES string of the molecule is CC[C@H](C)N(Cc1cc(NC(=O)c2ccco2)ccc1N(C)C)C(=O)COC. The van der Waals surface area contributed by atoms with Gasteiger partial charge in [0.15, 0.2) is 5.76 Å². The molecule has 152 valence electrons. The Morgan fingerprint density at radius 1 is 1.25 bits per heavy atom. The lowest BCUT2D eigenvalue weighted by molar-refractivity contribution is -0.138. The van der Waals surface area contributed by atoms with Crippen LogP contribution in [0.25, 0.3) is 0 Å². The lowest BCUT2D eigenvalue weighted by atomic mass is 10.1. The number of anilines is 2. The molecular weight excluding hydrogens is 358 g/mol. The van der Waals surface area contributed by atoms with Crippen LogP contribution in [-0.2, 0) is 16.1 Å². The number of methoxy groups -OCH3 is 1. The Bertz CT molecular complexity index is 787. The van der Waals surface area contributed by atoms with Crippen LogP contribution in [0.3, 0.4) is 0 Å². The highest BCUT2D eigenvalue weighted by atomic mass is 16.5. The van der Waals surface area contributed by atoms with Crippen molar-refractivity contribution in [3.05, 3.63) is 47.9 Å². The van der Waals surface area contributed by atoms with E-state index in [9.17, 15) is 9.59 Å². The first-order chi connectivity index (χ1) is 13.4. The molecule has 1 aromatic heterocycles. The Hall–Kier alpha value is -2.80. The minimum absolute atomic E-state index is 0.0383. The molecule has 0 saturated heterocycles. The van der Waals surface area contributed by atoms with Crippen LogP contribution in [0.2, 0.25) is 0 Å². The van der Waals surface area contributed by atoms with Crippen molar-refractivity contribution in [3.63, 3.8) is 0 Å². The predicted molar refractivity (Wildman–Crippen MR) is 110 cm³/mol. The van der Waals surface area contributed by atoms with Crippen molar-refractivity contribution in [2.45, 2.75) is 32.9 Å². The summed E-state index contributed by atoms with van der Waals surface area (Å²) in [6, 6.07) is 9.01. The van der Waals surface area contributed by atoms with Gasteiger partial charge in [0.05, 0.1) is 6.26 Å². The van der Waals surface area contributed by atoms with Gasteiger partial charge in [0.1, 0.15) is 6.61 Å². The monoisotopic (exact) mass is 387 g/mol. The molecule has 0 spiro atoms. The summed E-state index contributed by atoms with van der Waals surface area (Å²) < 4.78 is 10.2. The highest BCUT2D eigenvalue weighted by Gasteiger charge is 2.21. The van der Waals surface area contributed by atoms with Gasteiger partial charge < -0.3 is 24.3 Å². The topological polar surface area (TPSA) is 75.0 Å². The molecule has 0 aliphatic heterocycles. The van der Waals surface area contributed by atoms with Crippen molar-refractivity contribution >= 4 is 23.2 Å². The highest BCUT2D eigenvalue weighted by molar-refractivity contribution is 6.02. The lowest BCUT2D eigenvalue weighted by Gasteiger charge is -2.30. The fraction of sp³-hybridized carbons (Fsp3) is 0.429. The van der Waals surface area contributed by atoms with Crippen LogP contribution in [0.4, 0.5) is 11.4 Å². The third-order valence-electron chi connectivity index (χ3n) is 4.62. The molecule has 1 N–H and O–H groups in total. The number of furan rings is 1. The van der Waals surface area contributed by atoms with Crippen molar-refractivity contribution in [2.24, 2.45) is 0 Å². The summed E-state index contributed by atoms with van der Waals surface area (Å²) in [7, 11) is 5.41. The summed E-state index contributed by atoms with van der Waals surface area (Å²) in [6.45, 7) is 4.53. The number of hydrogen-bond acceptors (Lipinski definition) is 5. The largest absolute Gasteiger partial charge is 0.459 e. The first kappa shape index (κ1) is 21.5. The minimum Gasteiger partial charge on any atom is -0.459 e. The van der Waals surface area contributed by atoms with Gasteiger partial charge in [-0.3, -0.25) is 9.59 Å². The van der Waals surface area contributed by atoms with E-state index >= 15 is 0 Å². The lowest BCUT2D eigenvalue weighted by Crippen LogP contribution is -2.40. The van der Waals surface area contributed by atoms with Crippen molar-refractivity contribution in [1.29, 1.82) is 0 Å². The van der Waals surface area contributed by atoms with Crippen LogP contribution in [0.15, 0.2) is 41.0 Å². The van der Waals surface area contributed by atoms with Gasteiger partial charge in [-0.05, 0) is 49.2 Å². The first-order valence-electron chi connectivity index (χ1n) is 9.30. The second kappa shape index (κ2) is 9.94. The fourth-order valence-electron chi connectivity index (χ4n) is 2.93. The van der Waals surface area contributed by atoms with E-state index in [1.54, 1.807) is 12.1 Å². The van der Waals surface area contributed by atoms with Gasteiger partial charge in [0.2, 0.25) is 5.91 Å². The van der Waals surface area contributed by atoms with Crippen LogP contribution in [0.5, 0.6) is 0 Å². The highest BCUT2D eigenvalue weighted by Crippen LogP contribution is 2.26. The maximum atomic E-state index is 12.6. The van der Waals surface area contributed by atoms with E-state index in [-0.39, 0.29) is 30.2 Å². The number of rotatable bonds is 9. The van der Waals surface area contributed by atoms with E-state index in [1.807, 2.05) is 55.9 Å². The van der Waals surface area contributed by atoms with Gasteiger partial charge in [0.25, 0.3) is 5.91 Å². The van der Waals surface area contributed by atoms with Gasteiger partial charge in [-0.25, -0.2) is 0 Å².